The fraction of sp³-hybridized carbons (Fsp3) is 0.412. The summed E-state index contributed by atoms with van der Waals surface area (Å²) in [4.78, 5) is 0. The molecule has 2 aromatic rings. The maximum Gasteiger partial charge on any atom is 0.0702 e. The number of hydrogen-bond acceptors (Lipinski definition) is 2. The van der Waals surface area contributed by atoms with Gasteiger partial charge >= 0.3 is 0 Å². The summed E-state index contributed by atoms with van der Waals surface area (Å²) in [5.74, 6) is 0.419. The van der Waals surface area contributed by atoms with Crippen LogP contribution >= 0.6 is 0 Å². The first-order valence-electron chi connectivity index (χ1n) is 7.13. The summed E-state index contributed by atoms with van der Waals surface area (Å²) < 4.78 is 6.05. The summed E-state index contributed by atoms with van der Waals surface area (Å²) in [5.41, 5.74) is 7.09. The third-order valence-corrected chi connectivity index (χ3v) is 4.27. The standard InChI is InChI=1S/C17H21NO/c1-12(17-10-9-14(11-18)19-17)15-8-4-6-13-5-2-3-7-16(13)15/h2-8,12,14,17H,9-11,18H2,1H3. The lowest BCUT2D eigenvalue weighted by molar-refractivity contribution is 0.0376. The van der Waals surface area contributed by atoms with Crippen molar-refractivity contribution < 1.29 is 4.74 Å². The van der Waals surface area contributed by atoms with Gasteiger partial charge in [-0.3, -0.25) is 0 Å². The zero-order chi connectivity index (χ0) is 13.2. The first kappa shape index (κ1) is 12.6. The van der Waals surface area contributed by atoms with Gasteiger partial charge in [-0.05, 0) is 29.2 Å². The monoisotopic (exact) mass is 255 g/mol. The lowest BCUT2D eigenvalue weighted by atomic mass is 9.89. The van der Waals surface area contributed by atoms with Crippen LogP contribution in [0, 0.1) is 0 Å². The molecule has 2 nitrogen and oxygen atoms in total. The molecule has 3 unspecified atom stereocenters. The zero-order valence-electron chi connectivity index (χ0n) is 11.4. The minimum atomic E-state index is 0.252. The summed E-state index contributed by atoms with van der Waals surface area (Å²) in [6.45, 7) is 2.91. The summed E-state index contributed by atoms with van der Waals surface area (Å²) in [6.07, 6.45) is 2.77. The van der Waals surface area contributed by atoms with Crippen LogP contribution in [-0.4, -0.2) is 18.8 Å². The molecule has 0 saturated carbocycles. The summed E-state index contributed by atoms with van der Waals surface area (Å²) in [7, 11) is 0. The SMILES string of the molecule is CC(c1cccc2ccccc12)C1CCC(CN)O1. The average Bonchev–Trinajstić information content (AvgIpc) is 2.95. The van der Waals surface area contributed by atoms with Crippen LogP contribution in [0.15, 0.2) is 42.5 Å². The Kier molecular flexibility index (Phi) is 3.54. The average molecular weight is 255 g/mol. The minimum absolute atomic E-state index is 0.252. The molecule has 0 aliphatic carbocycles. The summed E-state index contributed by atoms with van der Waals surface area (Å²) >= 11 is 0. The molecule has 3 atom stereocenters. The Morgan fingerprint density at radius 3 is 2.74 bits per heavy atom. The second-order valence-corrected chi connectivity index (χ2v) is 5.47. The van der Waals surface area contributed by atoms with E-state index in [4.69, 9.17) is 10.5 Å². The van der Waals surface area contributed by atoms with E-state index < -0.39 is 0 Å². The van der Waals surface area contributed by atoms with Gasteiger partial charge in [0, 0.05) is 12.5 Å². The van der Waals surface area contributed by atoms with Crippen molar-refractivity contribution in [3.8, 4) is 0 Å². The van der Waals surface area contributed by atoms with E-state index in [9.17, 15) is 0 Å². The number of benzene rings is 2. The van der Waals surface area contributed by atoms with Gasteiger partial charge in [-0.25, -0.2) is 0 Å². The molecule has 2 aromatic carbocycles. The topological polar surface area (TPSA) is 35.2 Å². The maximum absolute atomic E-state index is 6.05. The van der Waals surface area contributed by atoms with E-state index in [1.54, 1.807) is 0 Å². The molecule has 2 heteroatoms. The number of hydrogen-bond donors (Lipinski definition) is 1. The molecule has 0 spiro atoms. The molecule has 1 saturated heterocycles. The highest BCUT2D eigenvalue weighted by Gasteiger charge is 2.29. The van der Waals surface area contributed by atoms with Crippen LogP contribution in [0.1, 0.15) is 31.2 Å². The van der Waals surface area contributed by atoms with E-state index in [2.05, 4.69) is 49.4 Å². The second kappa shape index (κ2) is 5.32. The van der Waals surface area contributed by atoms with E-state index in [-0.39, 0.29) is 6.10 Å². The lowest BCUT2D eigenvalue weighted by Gasteiger charge is -2.22. The van der Waals surface area contributed by atoms with Gasteiger partial charge in [0.25, 0.3) is 0 Å². The third-order valence-electron chi connectivity index (χ3n) is 4.27. The van der Waals surface area contributed by atoms with Crippen molar-refractivity contribution >= 4 is 10.8 Å². The highest BCUT2D eigenvalue weighted by atomic mass is 16.5. The number of nitrogens with two attached hydrogens (primary N) is 1. The molecule has 0 aromatic heterocycles. The molecule has 19 heavy (non-hydrogen) atoms. The van der Waals surface area contributed by atoms with Gasteiger partial charge in [0.1, 0.15) is 0 Å². The molecule has 0 bridgehead atoms. The molecule has 1 heterocycles. The number of rotatable bonds is 3. The van der Waals surface area contributed by atoms with Crippen LogP contribution in [0.4, 0.5) is 0 Å². The Balaban J connectivity index is 1.92. The second-order valence-electron chi connectivity index (χ2n) is 5.47. The van der Waals surface area contributed by atoms with E-state index in [0.717, 1.165) is 12.8 Å². The van der Waals surface area contributed by atoms with Crippen LogP contribution in [-0.2, 0) is 4.74 Å². The quantitative estimate of drug-likeness (QED) is 0.911. The Morgan fingerprint density at radius 1 is 1.16 bits per heavy atom. The van der Waals surface area contributed by atoms with Crippen LogP contribution in [0.25, 0.3) is 10.8 Å². The van der Waals surface area contributed by atoms with Crippen molar-refractivity contribution in [3.63, 3.8) is 0 Å². The van der Waals surface area contributed by atoms with Crippen molar-refractivity contribution in [1.29, 1.82) is 0 Å². The van der Waals surface area contributed by atoms with Gasteiger partial charge in [0.15, 0.2) is 0 Å². The summed E-state index contributed by atoms with van der Waals surface area (Å²) in [5, 5.41) is 2.65. The van der Waals surface area contributed by atoms with E-state index >= 15 is 0 Å². The van der Waals surface area contributed by atoms with Crippen molar-refractivity contribution in [2.45, 2.75) is 37.9 Å². The first-order chi connectivity index (χ1) is 9.29. The highest BCUT2D eigenvalue weighted by Crippen LogP contribution is 2.34. The van der Waals surface area contributed by atoms with Gasteiger partial charge < -0.3 is 10.5 Å². The predicted molar refractivity (Wildman–Crippen MR) is 79.3 cm³/mol. The molecule has 1 fully saturated rings. The highest BCUT2D eigenvalue weighted by molar-refractivity contribution is 5.86. The molecule has 1 aliphatic heterocycles. The van der Waals surface area contributed by atoms with E-state index in [0.29, 0.717) is 18.6 Å². The third kappa shape index (κ3) is 2.38. The Hall–Kier alpha value is -1.38. The first-order valence-corrected chi connectivity index (χ1v) is 7.13. The smallest absolute Gasteiger partial charge is 0.0702 e. The van der Waals surface area contributed by atoms with E-state index in [1.165, 1.54) is 16.3 Å². The number of ether oxygens (including phenoxy) is 1. The Morgan fingerprint density at radius 2 is 1.95 bits per heavy atom. The van der Waals surface area contributed by atoms with Gasteiger partial charge in [0.2, 0.25) is 0 Å². The van der Waals surface area contributed by atoms with Crippen molar-refractivity contribution in [1.82, 2.24) is 0 Å². The van der Waals surface area contributed by atoms with Gasteiger partial charge in [-0.2, -0.15) is 0 Å². The van der Waals surface area contributed by atoms with Gasteiger partial charge in [-0.15, -0.1) is 0 Å². The molecule has 0 amide bonds. The molecular weight excluding hydrogens is 234 g/mol. The largest absolute Gasteiger partial charge is 0.373 e. The lowest BCUT2D eigenvalue weighted by Crippen LogP contribution is -2.23. The van der Waals surface area contributed by atoms with Crippen LogP contribution in [0.3, 0.4) is 0 Å². The van der Waals surface area contributed by atoms with Gasteiger partial charge in [-0.1, -0.05) is 49.4 Å². The molecule has 0 radical (unpaired) electrons. The van der Waals surface area contributed by atoms with E-state index in [1.807, 2.05) is 0 Å². The maximum atomic E-state index is 6.05. The fourth-order valence-electron chi connectivity index (χ4n) is 3.12. The Bertz CT molecular complexity index is 561. The summed E-state index contributed by atoms with van der Waals surface area (Å²) in [6, 6.07) is 15.1. The van der Waals surface area contributed by atoms with Crippen LogP contribution < -0.4 is 5.73 Å². The van der Waals surface area contributed by atoms with Crippen molar-refractivity contribution in [2.75, 3.05) is 6.54 Å². The molecule has 1 aliphatic rings. The predicted octanol–water partition coefficient (Wildman–Crippen LogP) is 3.45. The zero-order valence-corrected chi connectivity index (χ0v) is 11.4. The molecular formula is C17H21NO. The van der Waals surface area contributed by atoms with Crippen LogP contribution in [0.5, 0.6) is 0 Å². The normalized spacial score (nSPS) is 24.7. The van der Waals surface area contributed by atoms with Gasteiger partial charge in [0.05, 0.1) is 12.2 Å². The van der Waals surface area contributed by atoms with Crippen molar-refractivity contribution in [2.24, 2.45) is 5.73 Å². The molecule has 3 rings (SSSR count). The van der Waals surface area contributed by atoms with Crippen molar-refractivity contribution in [3.05, 3.63) is 48.0 Å². The minimum Gasteiger partial charge on any atom is -0.373 e. The molecule has 2 N–H and O–H groups in total. The van der Waals surface area contributed by atoms with Crippen LogP contribution in [0.2, 0.25) is 0 Å². The fourth-order valence-corrected chi connectivity index (χ4v) is 3.12. The molecule has 100 valence electrons. The number of fused-ring (bicyclic) bond motifs is 1. The Labute approximate surface area is 114 Å².